The number of likely N-dealkylation sites (N-methyl/N-ethyl adjacent to an activating group) is 1. The average molecular weight is 677 g/mol. The van der Waals surface area contributed by atoms with Crippen LogP contribution in [0.2, 0.25) is 0 Å². The van der Waals surface area contributed by atoms with Gasteiger partial charge in [-0.25, -0.2) is 14.6 Å². The summed E-state index contributed by atoms with van der Waals surface area (Å²) in [5.74, 6) is -0.686. The Hall–Kier alpha value is -5.39. The summed E-state index contributed by atoms with van der Waals surface area (Å²) in [7, 11) is 2.94. The van der Waals surface area contributed by atoms with Crippen LogP contribution < -0.4 is 4.90 Å². The third-order valence-electron chi connectivity index (χ3n) is 10.2. The Kier molecular flexibility index (Phi) is 8.07. The van der Waals surface area contributed by atoms with Gasteiger partial charge in [0.15, 0.2) is 0 Å². The predicted octanol–water partition coefficient (Wildman–Crippen LogP) is 5.28. The fourth-order valence-electron chi connectivity index (χ4n) is 7.39. The maximum Gasteiger partial charge on any atom is 0.410 e. The van der Waals surface area contributed by atoms with Gasteiger partial charge in [-0.1, -0.05) is 30.3 Å². The van der Waals surface area contributed by atoms with E-state index in [1.807, 2.05) is 36.4 Å². The number of carbonyl (C=O) groups is 4. The number of likely N-dealkylation sites (tertiary alicyclic amines) is 1. The van der Waals surface area contributed by atoms with E-state index in [2.05, 4.69) is 9.97 Å². The molecule has 0 bridgehead atoms. The lowest BCUT2D eigenvalue weighted by Crippen LogP contribution is -2.56. The summed E-state index contributed by atoms with van der Waals surface area (Å²) in [5, 5.41) is 1.87. The monoisotopic (exact) mass is 676 g/mol. The number of nitrogens with zero attached hydrogens (tertiary/aromatic N) is 6. The molecule has 1 aromatic carbocycles. The van der Waals surface area contributed by atoms with Crippen LogP contribution in [-0.4, -0.2) is 87.0 Å². The van der Waals surface area contributed by atoms with E-state index in [0.717, 1.165) is 33.2 Å². The lowest BCUT2D eigenvalue weighted by molar-refractivity contribution is -0.141. The first kappa shape index (κ1) is 33.1. The molecule has 1 aliphatic carbocycles. The van der Waals surface area contributed by atoms with Crippen LogP contribution in [0.1, 0.15) is 68.2 Å². The van der Waals surface area contributed by atoms with Crippen LogP contribution in [0.25, 0.3) is 21.9 Å². The van der Waals surface area contributed by atoms with Crippen LogP contribution in [0.3, 0.4) is 0 Å². The summed E-state index contributed by atoms with van der Waals surface area (Å²) in [5.41, 5.74) is 1.63. The second-order valence-electron chi connectivity index (χ2n) is 14.3. The van der Waals surface area contributed by atoms with E-state index in [0.29, 0.717) is 44.5 Å². The van der Waals surface area contributed by atoms with Gasteiger partial charge in [0.05, 0.1) is 36.6 Å². The normalized spacial score (nSPS) is 17.4. The van der Waals surface area contributed by atoms with Crippen LogP contribution in [0, 0.1) is 0 Å². The van der Waals surface area contributed by atoms with Crippen molar-refractivity contribution in [3.63, 3.8) is 0 Å². The third kappa shape index (κ3) is 5.52. The standard InChI is InChI=1S/C38H40N6O6/c1-36(2,3)50-35(48)42(4)38(13-14-38)34(47)43-18-15-37(16-19-43)27-12-17-39-22-30(27)44(33(37)46)23-29-31(26-9-7-6-8-24(26)20-41-29)25-10-11-28(40-21-25)32(45)49-5/h6-12,17,20-22H,13-16,18-19,23H2,1-5H3. The lowest BCUT2D eigenvalue weighted by atomic mass is 9.74. The number of aromatic nitrogens is 3. The Morgan fingerprint density at radius 2 is 1.68 bits per heavy atom. The van der Waals surface area contributed by atoms with Crippen molar-refractivity contribution in [2.45, 2.75) is 69.6 Å². The molecule has 5 heterocycles. The topological polar surface area (TPSA) is 135 Å². The average Bonchev–Trinajstić information content (AvgIpc) is 3.90. The van der Waals surface area contributed by atoms with Crippen molar-refractivity contribution in [2.24, 2.45) is 0 Å². The van der Waals surface area contributed by atoms with Crippen LogP contribution in [0.15, 0.2) is 67.3 Å². The predicted molar refractivity (Wildman–Crippen MR) is 185 cm³/mol. The molecule has 0 N–H and O–H groups in total. The van der Waals surface area contributed by atoms with Crippen LogP contribution in [-0.2, 0) is 31.0 Å². The van der Waals surface area contributed by atoms with Crippen molar-refractivity contribution in [2.75, 3.05) is 32.1 Å². The summed E-state index contributed by atoms with van der Waals surface area (Å²) in [4.78, 5) is 72.2. The molecule has 3 aromatic heterocycles. The second-order valence-corrected chi connectivity index (χ2v) is 14.3. The zero-order chi connectivity index (χ0) is 35.4. The number of pyridine rings is 3. The van der Waals surface area contributed by atoms with Gasteiger partial charge in [0.1, 0.15) is 16.8 Å². The molecule has 7 rings (SSSR count). The summed E-state index contributed by atoms with van der Waals surface area (Å²) < 4.78 is 10.4. The summed E-state index contributed by atoms with van der Waals surface area (Å²) >= 11 is 0. The summed E-state index contributed by atoms with van der Waals surface area (Å²) in [6, 6.07) is 13.2. The molecule has 1 spiro atoms. The molecule has 0 atom stereocenters. The number of fused-ring (bicyclic) bond motifs is 3. The molecular formula is C38H40N6O6. The van der Waals surface area contributed by atoms with Crippen LogP contribution in [0.4, 0.5) is 10.5 Å². The number of anilines is 1. The molecule has 0 unspecified atom stereocenters. The Balaban J connectivity index is 1.16. The number of hydrogen-bond donors (Lipinski definition) is 0. The smallest absolute Gasteiger partial charge is 0.410 e. The molecule has 1 saturated heterocycles. The number of rotatable bonds is 6. The molecule has 50 heavy (non-hydrogen) atoms. The Bertz CT molecular complexity index is 2010. The molecule has 3 aliphatic rings. The number of piperidine rings is 1. The maximum absolute atomic E-state index is 14.7. The van der Waals surface area contributed by atoms with E-state index in [1.54, 1.807) is 68.5 Å². The minimum atomic E-state index is -0.914. The summed E-state index contributed by atoms with van der Waals surface area (Å²) in [6.45, 7) is 6.35. The van der Waals surface area contributed by atoms with Gasteiger partial charge in [-0.05, 0) is 69.5 Å². The Morgan fingerprint density at radius 1 is 0.940 bits per heavy atom. The van der Waals surface area contributed by atoms with Crippen molar-refractivity contribution in [1.29, 1.82) is 0 Å². The fourth-order valence-corrected chi connectivity index (χ4v) is 7.39. The first-order valence-electron chi connectivity index (χ1n) is 16.8. The molecule has 258 valence electrons. The van der Waals surface area contributed by atoms with Gasteiger partial charge in [0, 0.05) is 55.2 Å². The highest BCUT2D eigenvalue weighted by Crippen LogP contribution is 2.50. The second kappa shape index (κ2) is 12.2. The third-order valence-corrected chi connectivity index (χ3v) is 10.2. The molecule has 2 aliphatic heterocycles. The highest BCUT2D eigenvalue weighted by atomic mass is 16.6. The van der Waals surface area contributed by atoms with Crippen LogP contribution >= 0.6 is 0 Å². The minimum Gasteiger partial charge on any atom is -0.464 e. The van der Waals surface area contributed by atoms with E-state index in [9.17, 15) is 19.2 Å². The first-order chi connectivity index (χ1) is 23.9. The molecule has 0 radical (unpaired) electrons. The molecule has 12 heteroatoms. The Labute approximate surface area is 290 Å². The fraction of sp³-hybridized carbons (Fsp3) is 0.395. The SMILES string of the molecule is COC(=O)c1ccc(-c2c(CN3C(=O)C4(CCN(C(=O)C5(N(C)C(=O)OC(C)(C)C)CC5)CC4)c4ccncc43)ncc3ccccc23)cn1. The van der Waals surface area contributed by atoms with Gasteiger partial charge in [-0.2, -0.15) is 0 Å². The number of carbonyl (C=O) groups excluding carboxylic acids is 4. The van der Waals surface area contributed by atoms with Gasteiger partial charge in [-0.15, -0.1) is 0 Å². The van der Waals surface area contributed by atoms with Gasteiger partial charge in [-0.3, -0.25) is 24.5 Å². The number of methoxy groups -OCH3 is 1. The quantitative estimate of drug-likeness (QED) is 0.250. The number of benzene rings is 1. The highest BCUT2D eigenvalue weighted by Gasteiger charge is 2.59. The lowest BCUT2D eigenvalue weighted by Gasteiger charge is -2.41. The van der Waals surface area contributed by atoms with Crippen molar-refractivity contribution in [1.82, 2.24) is 24.8 Å². The van der Waals surface area contributed by atoms with Gasteiger partial charge < -0.3 is 19.3 Å². The summed E-state index contributed by atoms with van der Waals surface area (Å²) in [6.07, 6.45) is 8.37. The number of amides is 3. The van der Waals surface area contributed by atoms with Crippen molar-refractivity contribution < 1.29 is 28.7 Å². The van der Waals surface area contributed by atoms with E-state index < -0.39 is 28.6 Å². The van der Waals surface area contributed by atoms with Crippen LogP contribution in [0.5, 0.6) is 0 Å². The largest absolute Gasteiger partial charge is 0.464 e. The minimum absolute atomic E-state index is 0.0559. The van der Waals surface area contributed by atoms with Crippen molar-refractivity contribution in [3.8, 4) is 11.1 Å². The molecule has 2 fully saturated rings. The van der Waals surface area contributed by atoms with Gasteiger partial charge in [0.25, 0.3) is 0 Å². The molecule has 3 amide bonds. The first-order valence-corrected chi connectivity index (χ1v) is 16.8. The van der Waals surface area contributed by atoms with Crippen molar-refractivity contribution >= 4 is 40.3 Å². The zero-order valence-corrected chi connectivity index (χ0v) is 28.9. The molecule has 1 saturated carbocycles. The van der Waals surface area contributed by atoms with E-state index in [1.165, 1.54) is 12.0 Å². The molecule has 12 nitrogen and oxygen atoms in total. The molecule has 4 aromatic rings. The molecular weight excluding hydrogens is 636 g/mol. The number of ether oxygens (including phenoxy) is 2. The zero-order valence-electron chi connectivity index (χ0n) is 28.9. The van der Waals surface area contributed by atoms with E-state index in [-0.39, 0.29) is 24.1 Å². The number of esters is 1. The number of hydrogen-bond acceptors (Lipinski definition) is 9. The van der Waals surface area contributed by atoms with Crippen molar-refractivity contribution in [3.05, 3.63) is 84.2 Å². The van der Waals surface area contributed by atoms with E-state index >= 15 is 0 Å². The van der Waals surface area contributed by atoms with Gasteiger partial charge in [0.2, 0.25) is 11.8 Å². The van der Waals surface area contributed by atoms with E-state index in [4.69, 9.17) is 14.5 Å². The highest BCUT2D eigenvalue weighted by molar-refractivity contribution is 6.08. The maximum atomic E-state index is 14.7. The van der Waals surface area contributed by atoms with Gasteiger partial charge >= 0.3 is 12.1 Å². The Morgan fingerprint density at radius 3 is 2.34 bits per heavy atom.